The van der Waals surface area contributed by atoms with E-state index in [0.717, 1.165) is 31.6 Å². The van der Waals surface area contributed by atoms with Crippen LogP contribution in [0, 0.1) is 10.1 Å². The Morgan fingerprint density at radius 3 is 2.57 bits per heavy atom. The molecule has 0 aromatic heterocycles. The number of benzene rings is 1. The molecule has 0 N–H and O–H groups in total. The van der Waals surface area contributed by atoms with Crippen molar-refractivity contribution in [2.24, 2.45) is 0 Å². The molecule has 6 nitrogen and oxygen atoms in total. The number of ether oxygens (including phenoxy) is 2. The molecule has 0 atom stereocenters. The van der Waals surface area contributed by atoms with E-state index in [9.17, 15) is 10.1 Å². The number of nitro groups is 1. The molecule has 1 aromatic carbocycles. The third-order valence-electron chi connectivity index (χ3n) is 4.78. The SMILES string of the molecule is COc1cc(N2CC(C)(C)OC3(CCCC3)C2)ccc1[N+](=O)[O-]. The van der Waals surface area contributed by atoms with Gasteiger partial charge in [-0.2, -0.15) is 0 Å². The van der Waals surface area contributed by atoms with Gasteiger partial charge in [0.05, 0.1) is 23.2 Å². The normalized spacial score (nSPS) is 22.3. The van der Waals surface area contributed by atoms with E-state index in [1.165, 1.54) is 26.0 Å². The van der Waals surface area contributed by atoms with E-state index in [0.29, 0.717) is 5.75 Å². The van der Waals surface area contributed by atoms with E-state index in [-0.39, 0.29) is 16.9 Å². The van der Waals surface area contributed by atoms with Gasteiger partial charge in [-0.05, 0) is 32.8 Å². The van der Waals surface area contributed by atoms with Crippen LogP contribution >= 0.6 is 0 Å². The second-order valence-electron chi connectivity index (χ2n) is 7.22. The quantitative estimate of drug-likeness (QED) is 0.629. The van der Waals surface area contributed by atoms with Gasteiger partial charge in [0, 0.05) is 30.9 Å². The summed E-state index contributed by atoms with van der Waals surface area (Å²) >= 11 is 0. The van der Waals surface area contributed by atoms with Gasteiger partial charge < -0.3 is 14.4 Å². The van der Waals surface area contributed by atoms with Crippen molar-refractivity contribution in [3.05, 3.63) is 28.3 Å². The number of rotatable bonds is 3. The smallest absolute Gasteiger partial charge is 0.311 e. The summed E-state index contributed by atoms with van der Waals surface area (Å²) in [5.41, 5.74) is 0.628. The molecule has 1 saturated heterocycles. The fourth-order valence-electron chi connectivity index (χ4n) is 3.99. The zero-order chi connectivity index (χ0) is 16.7. The number of methoxy groups -OCH3 is 1. The first-order valence-electron chi connectivity index (χ1n) is 8.12. The molecule has 0 bridgehead atoms. The second-order valence-corrected chi connectivity index (χ2v) is 7.22. The molecule has 23 heavy (non-hydrogen) atoms. The van der Waals surface area contributed by atoms with Gasteiger partial charge in [0.15, 0.2) is 5.75 Å². The zero-order valence-corrected chi connectivity index (χ0v) is 14.0. The van der Waals surface area contributed by atoms with Gasteiger partial charge in [0.2, 0.25) is 0 Å². The fraction of sp³-hybridized carbons (Fsp3) is 0.647. The lowest BCUT2D eigenvalue weighted by Crippen LogP contribution is -2.58. The van der Waals surface area contributed by atoms with Crippen LogP contribution in [0.2, 0.25) is 0 Å². The highest BCUT2D eigenvalue weighted by Gasteiger charge is 2.46. The molecule has 1 spiro atoms. The highest BCUT2D eigenvalue weighted by atomic mass is 16.6. The maximum atomic E-state index is 11.1. The molecule has 0 radical (unpaired) electrons. The van der Waals surface area contributed by atoms with E-state index in [2.05, 4.69) is 18.7 Å². The maximum absolute atomic E-state index is 11.1. The van der Waals surface area contributed by atoms with Gasteiger partial charge >= 0.3 is 5.69 Å². The largest absolute Gasteiger partial charge is 0.490 e. The summed E-state index contributed by atoms with van der Waals surface area (Å²) < 4.78 is 11.6. The molecule has 1 saturated carbocycles. The van der Waals surface area contributed by atoms with Crippen molar-refractivity contribution in [2.45, 2.75) is 50.7 Å². The lowest BCUT2D eigenvalue weighted by atomic mass is 9.93. The number of morpholine rings is 1. The number of nitro benzene ring substituents is 1. The third kappa shape index (κ3) is 3.13. The molecule has 0 unspecified atom stereocenters. The Bertz CT molecular complexity index is 609. The first-order chi connectivity index (χ1) is 10.8. The van der Waals surface area contributed by atoms with Crippen molar-refractivity contribution < 1.29 is 14.4 Å². The van der Waals surface area contributed by atoms with Gasteiger partial charge in [0.1, 0.15) is 0 Å². The minimum Gasteiger partial charge on any atom is -0.490 e. The van der Waals surface area contributed by atoms with E-state index >= 15 is 0 Å². The van der Waals surface area contributed by atoms with Crippen LogP contribution in [0.5, 0.6) is 5.75 Å². The van der Waals surface area contributed by atoms with Crippen molar-refractivity contribution >= 4 is 11.4 Å². The average molecular weight is 320 g/mol. The van der Waals surface area contributed by atoms with Gasteiger partial charge in [-0.15, -0.1) is 0 Å². The summed E-state index contributed by atoms with van der Waals surface area (Å²) in [6, 6.07) is 5.10. The van der Waals surface area contributed by atoms with Gasteiger partial charge in [0.25, 0.3) is 0 Å². The minimum atomic E-state index is -0.412. The number of hydrogen-bond acceptors (Lipinski definition) is 5. The van der Waals surface area contributed by atoms with Crippen LogP contribution in [0.1, 0.15) is 39.5 Å². The van der Waals surface area contributed by atoms with Crippen molar-refractivity contribution in [3.63, 3.8) is 0 Å². The van der Waals surface area contributed by atoms with Crippen LogP contribution < -0.4 is 9.64 Å². The Hall–Kier alpha value is -1.82. The number of nitrogens with zero attached hydrogens (tertiary/aromatic N) is 2. The first-order valence-corrected chi connectivity index (χ1v) is 8.12. The zero-order valence-electron chi connectivity index (χ0n) is 14.0. The molecule has 1 aliphatic carbocycles. The number of hydrogen-bond donors (Lipinski definition) is 0. The molecule has 1 aliphatic heterocycles. The minimum absolute atomic E-state index is 0.000603. The lowest BCUT2D eigenvalue weighted by Gasteiger charge is -2.49. The van der Waals surface area contributed by atoms with Crippen LogP contribution in [-0.2, 0) is 4.74 Å². The molecule has 1 aromatic rings. The molecule has 2 aliphatic rings. The van der Waals surface area contributed by atoms with E-state index in [1.54, 1.807) is 6.07 Å². The molecule has 1 heterocycles. The van der Waals surface area contributed by atoms with Crippen LogP contribution in [0.3, 0.4) is 0 Å². The Kier molecular flexibility index (Phi) is 3.96. The van der Waals surface area contributed by atoms with Crippen molar-refractivity contribution in [1.29, 1.82) is 0 Å². The highest BCUT2D eigenvalue weighted by molar-refractivity contribution is 5.60. The average Bonchev–Trinajstić information content (AvgIpc) is 2.91. The Balaban J connectivity index is 1.92. The number of anilines is 1. The predicted octanol–water partition coefficient (Wildman–Crippen LogP) is 3.53. The van der Waals surface area contributed by atoms with Crippen LogP contribution in [0.25, 0.3) is 0 Å². The second kappa shape index (κ2) is 5.67. The fourth-order valence-corrected chi connectivity index (χ4v) is 3.99. The monoisotopic (exact) mass is 320 g/mol. The van der Waals surface area contributed by atoms with Gasteiger partial charge in [-0.1, -0.05) is 12.8 Å². The van der Waals surface area contributed by atoms with E-state index in [1.807, 2.05) is 6.07 Å². The van der Waals surface area contributed by atoms with Crippen LogP contribution in [0.4, 0.5) is 11.4 Å². The molecule has 6 heteroatoms. The molecular weight excluding hydrogens is 296 g/mol. The van der Waals surface area contributed by atoms with Gasteiger partial charge in [-0.3, -0.25) is 10.1 Å². The van der Waals surface area contributed by atoms with Crippen LogP contribution in [-0.4, -0.2) is 36.3 Å². The first kappa shape index (κ1) is 16.1. The third-order valence-corrected chi connectivity index (χ3v) is 4.78. The van der Waals surface area contributed by atoms with Crippen LogP contribution in [0.15, 0.2) is 18.2 Å². The summed E-state index contributed by atoms with van der Waals surface area (Å²) in [6.07, 6.45) is 4.56. The standard InChI is InChI=1S/C17H24N2O4/c1-16(2)11-18(12-17(23-16)8-4-5-9-17)13-6-7-14(19(20)21)15(10-13)22-3/h6-7,10H,4-5,8-9,11-12H2,1-3H3. The molecule has 0 amide bonds. The molecular formula is C17H24N2O4. The Morgan fingerprint density at radius 1 is 1.26 bits per heavy atom. The topological polar surface area (TPSA) is 64.8 Å². The maximum Gasteiger partial charge on any atom is 0.311 e. The molecule has 126 valence electrons. The van der Waals surface area contributed by atoms with Crippen molar-refractivity contribution in [3.8, 4) is 5.75 Å². The summed E-state index contributed by atoms with van der Waals surface area (Å²) in [5.74, 6) is 0.303. The molecule has 3 rings (SSSR count). The summed E-state index contributed by atoms with van der Waals surface area (Å²) in [4.78, 5) is 12.9. The molecule has 2 fully saturated rings. The van der Waals surface area contributed by atoms with E-state index in [4.69, 9.17) is 9.47 Å². The lowest BCUT2D eigenvalue weighted by molar-refractivity contribution is -0.385. The van der Waals surface area contributed by atoms with Gasteiger partial charge in [-0.25, -0.2) is 0 Å². The Morgan fingerprint density at radius 2 is 1.96 bits per heavy atom. The predicted molar refractivity (Wildman–Crippen MR) is 88.2 cm³/mol. The van der Waals surface area contributed by atoms with Crippen molar-refractivity contribution in [2.75, 3.05) is 25.1 Å². The van der Waals surface area contributed by atoms with Crippen molar-refractivity contribution in [1.82, 2.24) is 0 Å². The summed E-state index contributed by atoms with van der Waals surface area (Å²) in [7, 11) is 1.47. The summed E-state index contributed by atoms with van der Waals surface area (Å²) in [6.45, 7) is 5.82. The Labute approximate surface area is 136 Å². The highest BCUT2D eigenvalue weighted by Crippen LogP contribution is 2.42. The van der Waals surface area contributed by atoms with E-state index < -0.39 is 4.92 Å². The summed E-state index contributed by atoms with van der Waals surface area (Å²) in [5, 5.41) is 11.1.